The van der Waals surface area contributed by atoms with E-state index in [1.165, 1.54) is 48.3 Å². The summed E-state index contributed by atoms with van der Waals surface area (Å²) in [5.41, 5.74) is 1.44. The van der Waals surface area contributed by atoms with Crippen LogP contribution in [0.15, 0.2) is 6.07 Å². The molecule has 0 saturated heterocycles. The second-order valence-corrected chi connectivity index (χ2v) is 8.67. The smallest absolute Gasteiger partial charge is 0.173 e. The van der Waals surface area contributed by atoms with Gasteiger partial charge < -0.3 is 0 Å². The quantitative estimate of drug-likeness (QED) is 0.760. The number of aryl methyl sites for hydroxylation is 1. The van der Waals surface area contributed by atoms with Gasteiger partial charge in [-0.15, -0.1) is 11.3 Å². The van der Waals surface area contributed by atoms with Crippen LogP contribution in [0, 0.1) is 17.8 Å². The minimum atomic E-state index is 0.432. The third-order valence-electron chi connectivity index (χ3n) is 5.23. The van der Waals surface area contributed by atoms with E-state index >= 15 is 0 Å². The molecule has 0 spiro atoms. The largest absolute Gasteiger partial charge is 0.293 e. The zero-order valence-electron chi connectivity index (χ0n) is 11.2. The molecule has 4 rings (SSSR count). The van der Waals surface area contributed by atoms with Gasteiger partial charge in [-0.05, 0) is 60.8 Å². The molecule has 2 fully saturated rings. The van der Waals surface area contributed by atoms with E-state index < -0.39 is 0 Å². The van der Waals surface area contributed by atoms with Gasteiger partial charge in [0.15, 0.2) is 5.78 Å². The molecule has 0 amide bonds. The van der Waals surface area contributed by atoms with Crippen molar-refractivity contribution in [3.05, 3.63) is 21.4 Å². The topological polar surface area (TPSA) is 17.1 Å². The zero-order valence-corrected chi connectivity index (χ0v) is 12.8. The number of carbonyl (C=O) groups excluding carboxylic acids is 1. The van der Waals surface area contributed by atoms with Crippen LogP contribution < -0.4 is 0 Å². The van der Waals surface area contributed by atoms with Crippen molar-refractivity contribution in [2.75, 3.05) is 5.75 Å². The monoisotopic (exact) mass is 292 g/mol. The van der Waals surface area contributed by atoms with Crippen molar-refractivity contribution >= 4 is 28.9 Å². The minimum absolute atomic E-state index is 0.432. The highest BCUT2D eigenvalue weighted by Crippen LogP contribution is 2.50. The van der Waals surface area contributed by atoms with Crippen LogP contribution in [0.4, 0.5) is 0 Å². The Morgan fingerprint density at radius 2 is 2.26 bits per heavy atom. The molecule has 3 heteroatoms. The number of hydrogen-bond acceptors (Lipinski definition) is 3. The number of ketones is 1. The van der Waals surface area contributed by atoms with Crippen molar-refractivity contribution in [3.63, 3.8) is 0 Å². The fraction of sp³-hybridized carbons (Fsp3) is 0.688. The summed E-state index contributed by atoms with van der Waals surface area (Å²) in [6.07, 6.45) is 7.56. The van der Waals surface area contributed by atoms with Crippen LogP contribution in [0.2, 0.25) is 0 Å². The highest BCUT2D eigenvalue weighted by atomic mass is 32.2. The summed E-state index contributed by atoms with van der Waals surface area (Å²) in [5, 5.41) is 0. The lowest BCUT2D eigenvalue weighted by atomic mass is 9.85. The average Bonchev–Trinajstić information content (AvgIpc) is 3.12. The minimum Gasteiger partial charge on any atom is -0.293 e. The molecule has 2 aliphatic carbocycles. The molecule has 3 unspecified atom stereocenters. The number of thioether (sulfide) groups is 1. The van der Waals surface area contributed by atoms with E-state index in [9.17, 15) is 4.79 Å². The third kappa shape index (κ3) is 2.29. The Bertz CT molecular complexity index is 481. The van der Waals surface area contributed by atoms with Gasteiger partial charge in [0.05, 0.1) is 4.88 Å². The van der Waals surface area contributed by atoms with Gasteiger partial charge in [0, 0.05) is 17.1 Å². The molecule has 3 aliphatic rings. The fourth-order valence-electron chi connectivity index (χ4n) is 4.25. The molecule has 0 radical (unpaired) electrons. The van der Waals surface area contributed by atoms with Crippen LogP contribution in [0.1, 0.15) is 52.2 Å². The molecule has 0 aromatic carbocycles. The number of carbonyl (C=O) groups is 1. The van der Waals surface area contributed by atoms with E-state index in [-0.39, 0.29) is 0 Å². The Morgan fingerprint density at radius 1 is 1.32 bits per heavy atom. The molecular formula is C16H20OS2. The van der Waals surface area contributed by atoms with Crippen molar-refractivity contribution < 1.29 is 4.79 Å². The molecule has 2 heterocycles. The van der Waals surface area contributed by atoms with Gasteiger partial charge in [0.2, 0.25) is 0 Å². The Kier molecular flexibility index (Phi) is 3.23. The molecule has 19 heavy (non-hydrogen) atoms. The number of hydrogen-bond donors (Lipinski definition) is 0. The summed E-state index contributed by atoms with van der Waals surface area (Å²) in [6.45, 7) is 0. The van der Waals surface area contributed by atoms with Gasteiger partial charge in [-0.1, -0.05) is 6.42 Å². The maximum Gasteiger partial charge on any atom is 0.173 e. The van der Waals surface area contributed by atoms with Gasteiger partial charge in [0.1, 0.15) is 0 Å². The van der Waals surface area contributed by atoms with E-state index in [1.54, 1.807) is 11.3 Å². The number of fused-ring (bicyclic) bond motifs is 3. The Labute approximate surface area is 123 Å². The van der Waals surface area contributed by atoms with Crippen LogP contribution in [0.3, 0.4) is 0 Å². The van der Waals surface area contributed by atoms with Crippen LogP contribution in [-0.2, 0) is 12.2 Å². The van der Waals surface area contributed by atoms with Crippen molar-refractivity contribution in [1.29, 1.82) is 0 Å². The summed E-state index contributed by atoms with van der Waals surface area (Å²) in [5.74, 6) is 5.32. The number of rotatable bonds is 3. The zero-order chi connectivity index (χ0) is 12.8. The van der Waals surface area contributed by atoms with Gasteiger partial charge in [-0.25, -0.2) is 0 Å². The predicted octanol–water partition coefficient (Wildman–Crippen LogP) is 4.55. The highest BCUT2D eigenvalue weighted by molar-refractivity contribution is 7.98. The Morgan fingerprint density at radius 3 is 3.00 bits per heavy atom. The molecule has 1 aromatic heterocycles. The summed E-state index contributed by atoms with van der Waals surface area (Å²) in [4.78, 5) is 15.0. The van der Waals surface area contributed by atoms with Gasteiger partial charge >= 0.3 is 0 Å². The highest BCUT2D eigenvalue weighted by Gasteiger charge is 2.40. The van der Waals surface area contributed by atoms with Crippen LogP contribution in [-0.4, -0.2) is 11.5 Å². The SMILES string of the molecule is O=C(CC1CC2CCC1C2)c1cc2c(s1)CCSC2. The molecule has 1 aliphatic heterocycles. The maximum absolute atomic E-state index is 12.5. The standard InChI is InChI=1S/C16H20OS2/c17-14(7-12-6-10-1-2-11(12)5-10)16-8-13-9-18-4-3-15(13)19-16/h8,10-12H,1-7,9H2. The Balaban J connectivity index is 1.47. The third-order valence-corrected chi connectivity index (χ3v) is 7.52. The predicted molar refractivity (Wildman–Crippen MR) is 82.1 cm³/mol. The second kappa shape index (κ2) is 4.92. The first-order chi connectivity index (χ1) is 9.29. The van der Waals surface area contributed by atoms with Crippen molar-refractivity contribution in [1.82, 2.24) is 0 Å². The second-order valence-electron chi connectivity index (χ2n) is 6.42. The van der Waals surface area contributed by atoms with Gasteiger partial charge in [-0.3, -0.25) is 4.79 Å². The van der Waals surface area contributed by atoms with E-state index in [2.05, 4.69) is 6.07 Å². The lowest BCUT2D eigenvalue weighted by Gasteiger charge is -2.20. The lowest BCUT2D eigenvalue weighted by molar-refractivity contribution is 0.0948. The summed E-state index contributed by atoms with van der Waals surface area (Å²) < 4.78 is 0. The van der Waals surface area contributed by atoms with Crippen LogP contribution in [0.5, 0.6) is 0 Å². The van der Waals surface area contributed by atoms with E-state index in [1.807, 2.05) is 11.8 Å². The molecule has 2 bridgehead atoms. The van der Waals surface area contributed by atoms with E-state index in [0.717, 1.165) is 28.9 Å². The molecule has 3 atom stereocenters. The maximum atomic E-state index is 12.5. The van der Waals surface area contributed by atoms with Gasteiger partial charge in [0.25, 0.3) is 0 Å². The molecule has 0 N–H and O–H groups in total. The van der Waals surface area contributed by atoms with Crippen molar-refractivity contribution in [3.8, 4) is 0 Å². The first kappa shape index (κ1) is 12.5. The van der Waals surface area contributed by atoms with Crippen molar-refractivity contribution in [2.24, 2.45) is 17.8 Å². The van der Waals surface area contributed by atoms with Crippen molar-refractivity contribution in [2.45, 2.75) is 44.3 Å². The first-order valence-corrected chi connectivity index (χ1v) is 9.49. The molecule has 2 saturated carbocycles. The fourth-order valence-corrected chi connectivity index (χ4v) is 6.57. The lowest BCUT2D eigenvalue weighted by Crippen LogP contribution is -2.14. The molecular weight excluding hydrogens is 272 g/mol. The van der Waals surface area contributed by atoms with E-state index in [4.69, 9.17) is 0 Å². The number of thiophene rings is 1. The van der Waals surface area contributed by atoms with Crippen LogP contribution >= 0.6 is 23.1 Å². The number of Topliss-reactive ketones (excluding diaryl/α,β-unsaturated/α-hetero) is 1. The van der Waals surface area contributed by atoms with Crippen LogP contribution in [0.25, 0.3) is 0 Å². The average molecular weight is 292 g/mol. The Hall–Kier alpha value is -0.280. The molecule has 1 aromatic rings. The van der Waals surface area contributed by atoms with Gasteiger partial charge in [-0.2, -0.15) is 11.8 Å². The normalized spacial score (nSPS) is 32.5. The van der Waals surface area contributed by atoms with E-state index in [0.29, 0.717) is 11.7 Å². The summed E-state index contributed by atoms with van der Waals surface area (Å²) in [6, 6.07) is 2.20. The summed E-state index contributed by atoms with van der Waals surface area (Å²) >= 11 is 3.78. The molecule has 102 valence electrons. The molecule has 1 nitrogen and oxygen atoms in total. The first-order valence-electron chi connectivity index (χ1n) is 7.52. The summed E-state index contributed by atoms with van der Waals surface area (Å²) in [7, 11) is 0.